The van der Waals surface area contributed by atoms with Crippen molar-refractivity contribution in [2.45, 2.75) is 4.90 Å². The molecule has 0 aliphatic carbocycles. The number of ether oxygens (including phenoxy) is 1. The van der Waals surface area contributed by atoms with E-state index in [4.69, 9.17) is 39.5 Å². The number of carbonyl (C=O) groups is 2. The predicted molar refractivity (Wildman–Crippen MR) is 114 cm³/mol. The molecule has 160 valence electrons. The van der Waals surface area contributed by atoms with Crippen LogP contribution in [0.3, 0.4) is 0 Å². The zero-order valence-corrected chi connectivity index (χ0v) is 18.6. The molecule has 0 aromatic heterocycles. The maximum Gasteiger partial charge on any atom is 0.340 e. The molecule has 1 saturated heterocycles. The molecule has 0 N–H and O–H groups in total. The van der Waals surface area contributed by atoms with Crippen molar-refractivity contribution in [2.75, 3.05) is 32.8 Å². The van der Waals surface area contributed by atoms with E-state index >= 15 is 0 Å². The molecule has 1 heterocycles. The minimum Gasteiger partial charge on any atom is -0.452 e. The first-order chi connectivity index (χ1) is 14.2. The van der Waals surface area contributed by atoms with Gasteiger partial charge in [0, 0.05) is 36.2 Å². The second-order valence-electron chi connectivity index (χ2n) is 6.44. The van der Waals surface area contributed by atoms with Gasteiger partial charge in [0.05, 0.1) is 15.5 Å². The second-order valence-corrected chi connectivity index (χ2v) is 9.66. The summed E-state index contributed by atoms with van der Waals surface area (Å²) in [6, 6.07) is 10.2. The maximum atomic E-state index is 12.7. The van der Waals surface area contributed by atoms with Crippen LogP contribution in [0.15, 0.2) is 47.4 Å². The van der Waals surface area contributed by atoms with Crippen molar-refractivity contribution in [1.82, 2.24) is 9.21 Å². The Balaban J connectivity index is 1.54. The third kappa shape index (κ3) is 5.25. The van der Waals surface area contributed by atoms with Crippen molar-refractivity contribution in [3.8, 4) is 0 Å². The highest BCUT2D eigenvalue weighted by atomic mass is 35.5. The average Bonchev–Trinajstić information content (AvgIpc) is 2.72. The summed E-state index contributed by atoms with van der Waals surface area (Å²) in [5.41, 5.74) is 0.104. The summed E-state index contributed by atoms with van der Waals surface area (Å²) in [4.78, 5) is 26.0. The van der Waals surface area contributed by atoms with Gasteiger partial charge < -0.3 is 9.64 Å². The molecule has 0 saturated carbocycles. The van der Waals surface area contributed by atoms with Crippen LogP contribution in [0.1, 0.15) is 10.4 Å². The van der Waals surface area contributed by atoms with Gasteiger partial charge in [-0.1, -0.05) is 34.8 Å². The molecule has 0 radical (unpaired) electrons. The maximum absolute atomic E-state index is 12.7. The van der Waals surface area contributed by atoms with Gasteiger partial charge in [0.1, 0.15) is 0 Å². The normalized spacial score (nSPS) is 15.1. The van der Waals surface area contributed by atoms with E-state index in [0.717, 1.165) is 0 Å². The van der Waals surface area contributed by atoms with E-state index in [-0.39, 0.29) is 41.7 Å². The van der Waals surface area contributed by atoms with Crippen molar-refractivity contribution < 1.29 is 22.7 Å². The Morgan fingerprint density at radius 1 is 0.900 bits per heavy atom. The Morgan fingerprint density at radius 2 is 1.50 bits per heavy atom. The molecule has 2 aromatic rings. The number of sulfonamides is 1. The summed E-state index contributed by atoms with van der Waals surface area (Å²) in [5, 5.41) is 0.943. The number of nitrogens with zero attached hydrogens (tertiary/aromatic N) is 2. The predicted octanol–water partition coefficient (Wildman–Crippen LogP) is 3.34. The molecule has 0 bridgehead atoms. The van der Waals surface area contributed by atoms with Crippen LogP contribution in [0.4, 0.5) is 0 Å². The highest BCUT2D eigenvalue weighted by Gasteiger charge is 2.30. The number of hydrogen-bond donors (Lipinski definition) is 0. The molecular formula is C19H17Cl3N2O5S. The van der Waals surface area contributed by atoms with E-state index in [0.29, 0.717) is 10.0 Å². The Kier molecular flexibility index (Phi) is 7.26. The standard InChI is InChI=1S/C19H17Cl3N2O5S/c20-13-1-4-15(5-2-13)30(27,28)24-9-7-23(8-10-24)18(25)12-29-19(26)16-6-3-14(21)11-17(16)22/h1-6,11H,7-10,12H2. The molecule has 1 aliphatic heterocycles. The summed E-state index contributed by atoms with van der Waals surface area (Å²) in [6.07, 6.45) is 0. The molecule has 3 rings (SSSR count). The summed E-state index contributed by atoms with van der Waals surface area (Å²) >= 11 is 17.6. The van der Waals surface area contributed by atoms with E-state index in [1.165, 1.54) is 51.7 Å². The lowest BCUT2D eigenvalue weighted by Gasteiger charge is -2.33. The van der Waals surface area contributed by atoms with Gasteiger partial charge in [0.15, 0.2) is 6.61 Å². The molecule has 1 amide bonds. The molecule has 1 aliphatic rings. The summed E-state index contributed by atoms with van der Waals surface area (Å²) in [6.45, 7) is 0.166. The second kappa shape index (κ2) is 9.53. The van der Waals surface area contributed by atoms with Crippen LogP contribution < -0.4 is 0 Å². The summed E-state index contributed by atoms with van der Waals surface area (Å²) < 4.78 is 31.7. The summed E-state index contributed by atoms with van der Waals surface area (Å²) in [5.74, 6) is -1.16. The number of piperazine rings is 1. The van der Waals surface area contributed by atoms with Crippen molar-refractivity contribution in [1.29, 1.82) is 0 Å². The molecule has 2 aromatic carbocycles. The first kappa shape index (κ1) is 22.8. The lowest BCUT2D eigenvalue weighted by molar-refractivity contribution is -0.135. The van der Waals surface area contributed by atoms with E-state index in [2.05, 4.69) is 0 Å². The van der Waals surface area contributed by atoms with Crippen LogP contribution in [0.5, 0.6) is 0 Å². The zero-order valence-electron chi connectivity index (χ0n) is 15.6. The van der Waals surface area contributed by atoms with Gasteiger partial charge in [0.25, 0.3) is 5.91 Å². The first-order valence-corrected chi connectivity index (χ1v) is 11.4. The number of esters is 1. The molecule has 30 heavy (non-hydrogen) atoms. The van der Waals surface area contributed by atoms with Crippen LogP contribution in [-0.4, -0.2) is 62.3 Å². The molecule has 1 fully saturated rings. The van der Waals surface area contributed by atoms with Crippen molar-refractivity contribution in [3.05, 3.63) is 63.1 Å². The molecule has 11 heteroatoms. The van der Waals surface area contributed by atoms with Crippen molar-refractivity contribution >= 4 is 56.7 Å². The van der Waals surface area contributed by atoms with Gasteiger partial charge in [-0.05, 0) is 42.5 Å². The third-order valence-corrected chi connectivity index (χ3v) is 7.23. The van der Waals surface area contributed by atoms with Gasteiger partial charge in [0.2, 0.25) is 10.0 Å². The monoisotopic (exact) mass is 490 g/mol. The van der Waals surface area contributed by atoms with Crippen molar-refractivity contribution in [3.63, 3.8) is 0 Å². The van der Waals surface area contributed by atoms with E-state index < -0.39 is 28.5 Å². The SMILES string of the molecule is O=C(OCC(=O)N1CCN(S(=O)(=O)c2ccc(Cl)cc2)CC1)c1ccc(Cl)cc1Cl. The lowest BCUT2D eigenvalue weighted by atomic mass is 10.2. The molecule has 0 spiro atoms. The van der Waals surface area contributed by atoms with Gasteiger partial charge in [-0.2, -0.15) is 4.31 Å². The van der Waals surface area contributed by atoms with Gasteiger partial charge in [-0.25, -0.2) is 13.2 Å². The molecular weight excluding hydrogens is 475 g/mol. The largest absolute Gasteiger partial charge is 0.452 e. The highest BCUT2D eigenvalue weighted by Crippen LogP contribution is 2.22. The van der Waals surface area contributed by atoms with Crippen molar-refractivity contribution in [2.24, 2.45) is 0 Å². The van der Waals surface area contributed by atoms with E-state index in [9.17, 15) is 18.0 Å². The number of rotatable bonds is 5. The molecule has 0 atom stereocenters. The number of halogens is 3. The summed E-state index contributed by atoms with van der Waals surface area (Å²) in [7, 11) is -3.67. The smallest absolute Gasteiger partial charge is 0.340 e. The van der Waals surface area contributed by atoms with Crippen LogP contribution in [0.25, 0.3) is 0 Å². The molecule has 7 nitrogen and oxygen atoms in total. The number of amides is 1. The van der Waals surface area contributed by atoms with Crippen LogP contribution in [0, 0.1) is 0 Å². The van der Waals surface area contributed by atoms with Crippen LogP contribution in [-0.2, 0) is 19.6 Å². The van der Waals surface area contributed by atoms with Crippen LogP contribution >= 0.6 is 34.8 Å². The van der Waals surface area contributed by atoms with Gasteiger partial charge in [-0.15, -0.1) is 0 Å². The van der Waals surface area contributed by atoms with Crippen LogP contribution in [0.2, 0.25) is 15.1 Å². The van der Waals surface area contributed by atoms with E-state index in [1.807, 2.05) is 0 Å². The fourth-order valence-electron chi connectivity index (χ4n) is 2.88. The van der Waals surface area contributed by atoms with E-state index in [1.54, 1.807) is 0 Å². The number of benzene rings is 2. The number of hydrogen-bond acceptors (Lipinski definition) is 5. The number of carbonyl (C=O) groups excluding carboxylic acids is 2. The molecule has 0 unspecified atom stereocenters. The van der Waals surface area contributed by atoms with Gasteiger partial charge >= 0.3 is 5.97 Å². The zero-order chi connectivity index (χ0) is 21.9. The highest BCUT2D eigenvalue weighted by molar-refractivity contribution is 7.89. The Hall–Kier alpha value is -1.84. The van der Waals surface area contributed by atoms with Gasteiger partial charge in [-0.3, -0.25) is 4.79 Å². The minimum absolute atomic E-state index is 0.104. The first-order valence-electron chi connectivity index (χ1n) is 8.84. The Labute approximate surface area is 189 Å². The Morgan fingerprint density at radius 3 is 2.10 bits per heavy atom. The lowest BCUT2D eigenvalue weighted by Crippen LogP contribution is -2.51. The third-order valence-electron chi connectivity index (χ3n) is 4.52. The average molecular weight is 492 g/mol. The topological polar surface area (TPSA) is 84.0 Å². The Bertz CT molecular complexity index is 1050. The minimum atomic E-state index is -3.67. The fourth-order valence-corrected chi connectivity index (χ4v) is 4.92. The quantitative estimate of drug-likeness (QED) is 0.599. The fraction of sp³-hybridized carbons (Fsp3) is 0.263.